The van der Waals surface area contributed by atoms with Crippen LogP contribution in [0.5, 0.6) is 0 Å². The molecule has 0 radical (unpaired) electrons. The van der Waals surface area contributed by atoms with Crippen LogP contribution in [0.2, 0.25) is 0 Å². The fourth-order valence-electron chi connectivity index (χ4n) is 4.13. The summed E-state index contributed by atoms with van der Waals surface area (Å²) in [5.41, 5.74) is 4.53. The molecule has 5 heteroatoms. The van der Waals surface area contributed by atoms with E-state index in [4.69, 9.17) is 0 Å². The molecule has 2 N–H and O–H groups in total. The highest BCUT2D eigenvalue weighted by Gasteiger charge is 2.23. The monoisotopic (exact) mass is 339 g/mol. The van der Waals surface area contributed by atoms with Gasteiger partial charge < -0.3 is 15.2 Å². The lowest BCUT2D eigenvalue weighted by molar-refractivity contribution is -0.127. The van der Waals surface area contributed by atoms with Crippen molar-refractivity contribution >= 4 is 22.7 Å². The first-order valence-electron chi connectivity index (χ1n) is 9.34. The molecule has 0 unspecified atom stereocenters. The van der Waals surface area contributed by atoms with Crippen LogP contribution in [0, 0.1) is 0 Å². The standard InChI is InChI=1S/C20H25N3O2/c1-13(12-23-10-4-7-19(23)24)21-20(25)14-8-9-18-16(11-14)15-5-2-3-6-17(15)22-18/h8-9,11,13,22H,2-7,10,12H2,1H3,(H,21,25)/t13-/m1/s1. The summed E-state index contributed by atoms with van der Waals surface area (Å²) in [5, 5.41) is 4.22. The van der Waals surface area contributed by atoms with Gasteiger partial charge in [0.1, 0.15) is 0 Å². The molecule has 1 aromatic carbocycles. The molecule has 4 rings (SSSR count). The van der Waals surface area contributed by atoms with Crippen molar-refractivity contribution in [3.05, 3.63) is 35.0 Å². The molecule has 1 saturated heterocycles. The van der Waals surface area contributed by atoms with E-state index >= 15 is 0 Å². The first-order valence-corrected chi connectivity index (χ1v) is 9.34. The van der Waals surface area contributed by atoms with E-state index in [0.29, 0.717) is 18.5 Å². The predicted octanol–water partition coefficient (Wildman–Crippen LogP) is 2.79. The molecule has 0 saturated carbocycles. The second kappa shape index (κ2) is 6.54. The average Bonchev–Trinajstić information content (AvgIpc) is 3.17. The highest BCUT2D eigenvalue weighted by molar-refractivity contribution is 5.99. The summed E-state index contributed by atoms with van der Waals surface area (Å²) in [6, 6.07) is 5.86. The summed E-state index contributed by atoms with van der Waals surface area (Å²) in [7, 11) is 0. The summed E-state index contributed by atoms with van der Waals surface area (Å²) < 4.78 is 0. The zero-order valence-corrected chi connectivity index (χ0v) is 14.7. The number of hydrogen-bond acceptors (Lipinski definition) is 2. The number of hydrogen-bond donors (Lipinski definition) is 2. The Kier molecular flexibility index (Phi) is 4.24. The smallest absolute Gasteiger partial charge is 0.251 e. The van der Waals surface area contributed by atoms with Crippen molar-refractivity contribution in [3.63, 3.8) is 0 Å². The number of fused-ring (bicyclic) bond motifs is 3. The lowest BCUT2D eigenvalue weighted by Crippen LogP contribution is -2.42. The van der Waals surface area contributed by atoms with E-state index in [-0.39, 0.29) is 17.9 Å². The van der Waals surface area contributed by atoms with E-state index in [2.05, 4.69) is 10.3 Å². The summed E-state index contributed by atoms with van der Waals surface area (Å²) in [5.74, 6) is 0.133. The number of nitrogens with one attached hydrogen (secondary N) is 2. The van der Waals surface area contributed by atoms with Crippen LogP contribution < -0.4 is 5.32 Å². The summed E-state index contributed by atoms with van der Waals surface area (Å²) in [6.45, 7) is 3.35. The maximum Gasteiger partial charge on any atom is 0.251 e. The first kappa shape index (κ1) is 16.2. The number of carbonyl (C=O) groups excluding carboxylic acids is 2. The molecule has 1 aliphatic heterocycles. The molecule has 0 spiro atoms. The normalized spacial score (nSPS) is 18.4. The molecule has 2 aromatic rings. The lowest BCUT2D eigenvalue weighted by atomic mass is 9.95. The minimum atomic E-state index is -0.0631. The van der Waals surface area contributed by atoms with E-state index in [9.17, 15) is 9.59 Å². The number of likely N-dealkylation sites (tertiary alicyclic amines) is 1. The van der Waals surface area contributed by atoms with Gasteiger partial charge in [-0.2, -0.15) is 0 Å². The van der Waals surface area contributed by atoms with Gasteiger partial charge in [-0.15, -0.1) is 0 Å². The minimum Gasteiger partial charge on any atom is -0.358 e. The third-order valence-corrected chi connectivity index (χ3v) is 5.40. The van der Waals surface area contributed by atoms with Gasteiger partial charge in [0.2, 0.25) is 5.91 Å². The number of aromatic nitrogens is 1. The fraction of sp³-hybridized carbons (Fsp3) is 0.500. The SMILES string of the molecule is C[C@H](CN1CCCC1=O)NC(=O)c1ccc2[nH]c3c(c2c1)CCCC3. The van der Waals surface area contributed by atoms with E-state index in [1.807, 2.05) is 30.0 Å². The quantitative estimate of drug-likeness (QED) is 0.899. The number of aromatic amines is 1. The number of amides is 2. The van der Waals surface area contributed by atoms with Crippen LogP contribution >= 0.6 is 0 Å². The van der Waals surface area contributed by atoms with Crippen LogP contribution in [0.1, 0.15) is 54.2 Å². The maximum absolute atomic E-state index is 12.6. The summed E-state index contributed by atoms with van der Waals surface area (Å²) in [4.78, 5) is 29.7. The van der Waals surface area contributed by atoms with Gasteiger partial charge in [0.15, 0.2) is 0 Å². The van der Waals surface area contributed by atoms with Crippen molar-refractivity contribution < 1.29 is 9.59 Å². The number of H-pyrrole nitrogens is 1. The van der Waals surface area contributed by atoms with Crippen LogP contribution in [-0.4, -0.2) is 40.8 Å². The largest absolute Gasteiger partial charge is 0.358 e. The lowest BCUT2D eigenvalue weighted by Gasteiger charge is -2.21. The van der Waals surface area contributed by atoms with E-state index in [1.54, 1.807) is 0 Å². The molecule has 1 aromatic heterocycles. The summed E-state index contributed by atoms with van der Waals surface area (Å²) >= 11 is 0. The molecule has 0 bridgehead atoms. The van der Waals surface area contributed by atoms with Gasteiger partial charge in [0, 0.05) is 47.7 Å². The summed E-state index contributed by atoms with van der Waals surface area (Å²) in [6.07, 6.45) is 6.21. The Morgan fingerprint density at radius 3 is 2.88 bits per heavy atom. The van der Waals surface area contributed by atoms with Gasteiger partial charge in [-0.05, 0) is 62.8 Å². The molecule has 1 fully saturated rings. The van der Waals surface area contributed by atoms with Gasteiger partial charge in [0.05, 0.1) is 0 Å². The van der Waals surface area contributed by atoms with Crippen molar-refractivity contribution in [1.29, 1.82) is 0 Å². The Bertz CT molecular complexity index is 824. The Hall–Kier alpha value is -2.30. The molecule has 5 nitrogen and oxygen atoms in total. The first-order chi connectivity index (χ1) is 12.1. The maximum atomic E-state index is 12.6. The zero-order valence-electron chi connectivity index (χ0n) is 14.7. The van der Waals surface area contributed by atoms with Crippen molar-refractivity contribution in [1.82, 2.24) is 15.2 Å². The van der Waals surface area contributed by atoms with Crippen molar-refractivity contribution in [2.24, 2.45) is 0 Å². The molecule has 2 aliphatic rings. The van der Waals surface area contributed by atoms with Gasteiger partial charge in [0.25, 0.3) is 5.91 Å². The Morgan fingerprint density at radius 1 is 1.24 bits per heavy atom. The van der Waals surface area contributed by atoms with Crippen LogP contribution in [0.25, 0.3) is 10.9 Å². The molecule has 2 heterocycles. The molecule has 132 valence electrons. The minimum absolute atomic E-state index is 0.0506. The van der Waals surface area contributed by atoms with Crippen LogP contribution in [-0.2, 0) is 17.6 Å². The molecule has 25 heavy (non-hydrogen) atoms. The zero-order chi connectivity index (χ0) is 17.4. The molecule has 1 atom stereocenters. The molecular formula is C20H25N3O2. The van der Waals surface area contributed by atoms with Gasteiger partial charge >= 0.3 is 0 Å². The number of benzene rings is 1. The second-order valence-corrected chi connectivity index (χ2v) is 7.37. The number of carbonyl (C=O) groups is 2. The van der Waals surface area contributed by atoms with E-state index in [0.717, 1.165) is 31.3 Å². The van der Waals surface area contributed by atoms with Gasteiger partial charge in [-0.1, -0.05) is 0 Å². The Morgan fingerprint density at radius 2 is 2.08 bits per heavy atom. The van der Waals surface area contributed by atoms with Crippen molar-refractivity contribution in [2.75, 3.05) is 13.1 Å². The molecule has 1 aliphatic carbocycles. The molecular weight excluding hydrogens is 314 g/mol. The van der Waals surface area contributed by atoms with Gasteiger partial charge in [-0.25, -0.2) is 0 Å². The van der Waals surface area contributed by atoms with Crippen LogP contribution in [0.4, 0.5) is 0 Å². The fourth-order valence-corrected chi connectivity index (χ4v) is 4.13. The topological polar surface area (TPSA) is 65.2 Å². The number of rotatable bonds is 4. The Balaban J connectivity index is 1.48. The van der Waals surface area contributed by atoms with Crippen molar-refractivity contribution in [3.8, 4) is 0 Å². The van der Waals surface area contributed by atoms with Crippen LogP contribution in [0.15, 0.2) is 18.2 Å². The highest BCUT2D eigenvalue weighted by atomic mass is 16.2. The average molecular weight is 339 g/mol. The Labute approximate surface area is 147 Å². The van der Waals surface area contributed by atoms with Crippen LogP contribution in [0.3, 0.4) is 0 Å². The predicted molar refractivity (Wildman–Crippen MR) is 97.7 cm³/mol. The molecule has 2 amide bonds. The number of nitrogens with zero attached hydrogens (tertiary/aromatic N) is 1. The van der Waals surface area contributed by atoms with E-state index < -0.39 is 0 Å². The van der Waals surface area contributed by atoms with Crippen molar-refractivity contribution in [2.45, 2.75) is 51.5 Å². The third kappa shape index (κ3) is 3.15. The highest BCUT2D eigenvalue weighted by Crippen LogP contribution is 2.29. The van der Waals surface area contributed by atoms with E-state index in [1.165, 1.54) is 29.5 Å². The second-order valence-electron chi connectivity index (χ2n) is 7.37. The third-order valence-electron chi connectivity index (χ3n) is 5.40. The number of aryl methyl sites for hydroxylation is 2. The van der Waals surface area contributed by atoms with Gasteiger partial charge in [-0.3, -0.25) is 9.59 Å².